The molecule has 6 heteroatoms. The van der Waals surface area contributed by atoms with Crippen molar-refractivity contribution in [2.24, 2.45) is 0 Å². The van der Waals surface area contributed by atoms with Gasteiger partial charge in [0.15, 0.2) is 0 Å². The van der Waals surface area contributed by atoms with E-state index >= 15 is 0 Å². The molecular weight excluding hydrogens is 285 g/mol. The molecule has 0 saturated carbocycles. The topological polar surface area (TPSA) is 72.5 Å². The van der Waals surface area contributed by atoms with E-state index < -0.39 is 17.5 Å². The third kappa shape index (κ3) is 3.00. The quantitative estimate of drug-likeness (QED) is 0.849. The Hall–Kier alpha value is -2.27. The van der Waals surface area contributed by atoms with Crippen LogP contribution >= 0.6 is 11.6 Å². The summed E-state index contributed by atoms with van der Waals surface area (Å²) >= 11 is 5.84. The van der Waals surface area contributed by atoms with Gasteiger partial charge in [0, 0.05) is 5.02 Å². The first-order valence-corrected chi connectivity index (χ1v) is 6.05. The lowest BCUT2D eigenvalue weighted by atomic mass is 10.1. The second kappa shape index (κ2) is 5.79. The summed E-state index contributed by atoms with van der Waals surface area (Å²) in [5, 5.41) is 9.61. The van der Waals surface area contributed by atoms with Crippen LogP contribution in [-0.4, -0.2) is 11.1 Å². The van der Waals surface area contributed by atoms with Crippen molar-refractivity contribution in [3.63, 3.8) is 0 Å². The number of carboxylic acids is 1. The Balaban J connectivity index is 2.26. The number of rotatable bonds is 4. The van der Waals surface area contributed by atoms with E-state index in [0.717, 1.165) is 11.6 Å². The Kier molecular flexibility index (Phi) is 4.10. The van der Waals surface area contributed by atoms with Crippen molar-refractivity contribution in [1.82, 2.24) is 0 Å². The molecule has 0 amide bonds. The van der Waals surface area contributed by atoms with Crippen LogP contribution in [0.3, 0.4) is 0 Å². The minimum absolute atomic E-state index is 0.0105. The number of nitrogen functional groups attached to an aromatic ring is 1. The normalized spacial score (nSPS) is 10.3. The second-order valence-electron chi connectivity index (χ2n) is 4.06. The molecule has 104 valence electrons. The van der Waals surface area contributed by atoms with Crippen LogP contribution < -0.4 is 10.5 Å². The molecule has 0 aliphatic rings. The number of aromatic carboxylic acids is 1. The molecule has 2 aromatic rings. The molecule has 2 rings (SSSR count). The summed E-state index contributed by atoms with van der Waals surface area (Å²) in [6, 6.07) is 9.23. The van der Waals surface area contributed by atoms with Gasteiger partial charge >= 0.3 is 5.97 Å². The maximum Gasteiger partial charge on any atom is 0.341 e. The maximum absolute atomic E-state index is 13.3. The van der Waals surface area contributed by atoms with E-state index in [1.807, 2.05) is 0 Å². The van der Waals surface area contributed by atoms with E-state index in [2.05, 4.69) is 0 Å². The lowest BCUT2D eigenvalue weighted by molar-refractivity contribution is 0.0692. The zero-order chi connectivity index (χ0) is 14.7. The van der Waals surface area contributed by atoms with Gasteiger partial charge in [-0.2, -0.15) is 0 Å². The van der Waals surface area contributed by atoms with Crippen LogP contribution in [0.2, 0.25) is 5.02 Å². The van der Waals surface area contributed by atoms with Gasteiger partial charge in [-0.1, -0.05) is 23.7 Å². The van der Waals surface area contributed by atoms with Gasteiger partial charge in [-0.3, -0.25) is 0 Å². The molecule has 3 N–H and O–H groups in total. The Morgan fingerprint density at radius 2 is 2.10 bits per heavy atom. The lowest BCUT2D eigenvalue weighted by Gasteiger charge is -2.11. The predicted molar refractivity (Wildman–Crippen MR) is 73.6 cm³/mol. The van der Waals surface area contributed by atoms with Crippen molar-refractivity contribution in [2.45, 2.75) is 6.61 Å². The first-order chi connectivity index (χ1) is 9.49. The minimum atomic E-state index is -1.34. The number of nitrogens with two attached hydrogens (primary N) is 1. The van der Waals surface area contributed by atoms with E-state index in [1.54, 1.807) is 24.3 Å². The molecule has 0 bridgehead atoms. The summed E-state index contributed by atoms with van der Waals surface area (Å²) in [7, 11) is 0. The number of hydrogen-bond acceptors (Lipinski definition) is 3. The number of anilines is 1. The van der Waals surface area contributed by atoms with Crippen LogP contribution in [0, 0.1) is 5.82 Å². The first kappa shape index (κ1) is 14.1. The molecule has 0 heterocycles. The van der Waals surface area contributed by atoms with Crippen molar-refractivity contribution in [1.29, 1.82) is 0 Å². The zero-order valence-electron chi connectivity index (χ0n) is 10.3. The highest BCUT2D eigenvalue weighted by molar-refractivity contribution is 6.30. The fraction of sp³-hybridized carbons (Fsp3) is 0.0714. The molecule has 0 aliphatic heterocycles. The molecule has 0 fully saturated rings. The summed E-state index contributed by atoms with van der Waals surface area (Å²) in [6.45, 7) is 0.103. The summed E-state index contributed by atoms with van der Waals surface area (Å²) in [5.41, 5.74) is 5.36. The fourth-order valence-electron chi connectivity index (χ4n) is 1.70. The van der Waals surface area contributed by atoms with E-state index in [9.17, 15) is 9.18 Å². The summed E-state index contributed by atoms with van der Waals surface area (Å²) in [4.78, 5) is 11.1. The molecular formula is C14H11ClFNO3. The highest BCUT2D eigenvalue weighted by Gasteiger charge is 2.18. The number of carbonyl (C=O) groups is 1. The van der Waals surface area contributed by atoms with Gasteiger partial charge < -0.3 is 15.6 Å². The van der Waals surface area contributed by atoms with Gasteiger partial charge in [-0.05, 0) is 29.8 Å². The molecule has 0 aliphatic carbocycles. The number of carboxylic acid groups (broad SMARTS) is 1. The van der Waals surface area contributed by atoms with E-state index in [-0.39, 0.29) is 17.9 Å². The zero-order valence-corrected chi connectivity index (χ0v) is 11.0. The third-order valence-corrected chi connectivity index (χ3v) is 2.89. The molecule has 0 unspecified atom stereocenters. The van der Waals surface area contributed by atoms with Crippen LogP contribution in [0.1, 0.15) is 15.9 Å². The molecule has 0 aromatic heterocycles. The SMILES string of the molecule is Nc1c(F)ccc(OCc2cccc(Cl)c2)c1C(=O)O. The number of ether oxygens (including phenoxy) is 1. The molecule has 2 aromatic carbocycles. The largest absolute Gasteiger partial charge is 0.488 e. The average molecular weight is 296 g/mol. The van der Waals surface area contributed by atoms with E-state index in [1.165, 1.54) is 6.07 Å². The van der Waals surface area contributed by atoms with Crippen LogP contribution in [0.5, 0.6) is 5.75 Å². The van der Waals surface area contributed by atoms with E-state index in [4.69, 9.17) is 27.2 Å². The highest BCUT2D eigenvalue weighted by atomic mass is 35.5. The fourth-order valence-corrected chi connectivity index (χ4v) is 1.92. The summed E-state index contributed by atoms with van der Waals surface area (Å²) in [5.74, 6) is -2.13. The third-order valence-electron chi connectivity index (χ3n) is 2.65. The molecule has 4 nitrogen and oxygen atoms in total. The van der Waals surface area contributed by atoms with Crippen LogP contribution in [-0.2, 0) is 6.61 Å². The van der Waals surface area contributed by atoms with Gasteiger partial charge in [-0.25, -0.2) is 9.18 Å². The summed E-state index contributed by atoms with van der Waals surface area (Å²) in [6.07, 6.45) is 0. The second-order valence-corrected chi connectivity index (χ2v) is 4.49. The Labute approximate surface area is 119 Å². The Morgan fingerprint density at radius 3 is 2.75 bits per heavy atom. The summed E-state index contributed by atoms with van der Waals surface area (Å²) < 4.78 is 18.7. The average Bonchev–Trinajstić information content (AvgIpc) is 2.39. The molecule has 0 saturated heterocycles. The van der Waals surface area contributed by atoms with Crippen molar-refractivity contribution in [3.05, 3.63) is 58.4 Å². The number of benzene rings is 2. The van der Waals surface area contributed by atoms with Crippen LogP contribution in [0.15, 0.2) is 36.4 Å². The van der Waals surface area contributed by atoms with Crippen molar-refractivity contribution < 1.29 is 19.0 Å². The van der Waals surface area contributed by atoms with Crippen molar-refractivity contribution >= 4 is 23.3 Å². The van der Waals surface area contributed by atoms with Crippen LogP contribution in [0.25, 0.3) is 0 Å². The van der Waals surface area contributed by atoms with Crippen LogP contribution in [0.4, 0.5) is 10.1 Å². The standard InChI is InChI=1S/C14H11ClFNO3/c15-9-3-1-2-8(6-9)7-20-11-5-4-10(16)13(17)12(11)14(18)19/h1-6H,7,17H2,(H,18,19). The molecule has 0 atom stereocenters. The van der Waals surface area contributed by atoms with E-state index in [0.29, 0.717) is 5.02 Å². The van der Waals surface area contributed by atoms with Gasteiger partial charge in [0.25, 0.3) is 0 Å². The van der Waals surface area contributed by atoms with Crippen molar-refractivity contribution in [3.8, 4) is 5.75 Å². The van der Waals surface area contributed by atoms with Gasteiger partial charge in [0.1, 0.15) is 23.7 Å². The monoisotopic (exact) mass is 295 g/mol. The van der Waals surface area contributed by atoms with Crippen molar-refractivity contribution in [2.75, 3.05) is 5.73 Å². The smallest absolute Gasteiger partial charge is 0.341 e. The van der Waals surface area contributed by atoms with Gasteiger partial charge in [-0.15, -0.1) is 0 Å². The number of hydrogen-bond donors (Lipinski definition) is 2. The number of halogens is 2. The molecule has 0 spiro atoms. The first-order valence-electron chi connectivity index (χ1n) is 5.67. The highest BCUT2D eigenvalue weighted by Crippen LogP contribution is 2.28. The predicted octanol–water partition coefficient (Wildman–Crippen LogP) is 3.34. The maximum atomic E-state index is 13.3. The van der Waals surface area contributed by atoms with Gasteiger partial charge in [0.2, 0.25) is 0 Å². The molecule has 20 heavy (non-hydrogen) atoms. The molecule has 0 radical (unpaired) electrons. The van der Waals surface area contributed by atoms with Gasteiger partial charge in [0.05, 0.1) is 5.69 Å². The lowest BCUT2D eigenvalue weighted by Crippen LogP contribution is -2.08. The Morgan fingerprint density at radius 1 is 1.35 bits per heavy atom. The minimum Gasteiger partial charge on any atom is -0.488 e. The Bertz CT molecular complexity index is 661.